The first kappa shape index (κ1) is 13.9. The van der Waals surface area contributed by atoms with E-state index in [4.69, 9.17) is 0 Å². The van der Waals surface area contributed by atoms with E-state index in [0.717, 1.165) is 5.52 Å². The maximum atomic E-state index is 13.0. The topological polar surface area (TPSA) is 80.2 Å². The third-order valence-corrected chi connectivity index (χ3v) is 4.54. The van der Waals surface area contributed by atoms with Crippen molar-refractivity contribution in [3.63, 3.8) is 0 Å². The van der Waals surface area contributed by atoms with Crippen LogP contribution < -0.4 is 0 Å². The first-order valence-electron chi connectivity index (χ1n) is 6.35. The average Bonchev–Trinajstić information content (AvgIpc) is 2.80. The van der Waals surface area contributed by atoms with E-state index in [0.29, 0.717) is 11.2 Å². The molecule has 1 fully saturated rings. The van der Waals surface area contributed by atoms with Gasteiger partial charge in [0.05, 0.1) is 29.5 Å². The number of carbonyl (C=O) groups excluding carboxylic acids is 1. The fourth-order valence-electron chi connectivity index (χ4n) is 2.34. The number of hydrogen-bond donors (Lipinski definition) is 0. The monoisotopic (exact) mass is 309 g/mol. The number of halogens is 1. The van der Waals surface area contributed by atoms with Crippen LogP contribution in [0.3, 0.4) is 0 Å². The summed E-state index contributed by atoms with van der Waals surface area (Å²) in [6.45, 7) is -0.0190. The molecule has 1 aliphatic heterocycles. The molecule has 0 N–H and O–H groups in total. The van der Waals surface area contributed by atoms with Crippen LogP contribution in [0.1, 0.15) is 12.1 Å². The zero-order valence-corrected chi connectivity index (χ0v) is 11.8. The molecule has 6 nitrogen and oxygen atoms in total. The number of nitrogens with zero attached hydrogens (tertiary/aromatic N) is 3. The molecule has 1 unspecified atom stereocenters. The summed E-state index contributed by atoms with van der Waals surface area (Å²) >= 11 is 0. The molecule has 0 saturated carbocycles. The minimum absolute atomic E-state index is 0.128. The number of rotatable bonds is 3. The van der Waals surface area contributed by atoms with Crippen LogP contribution in [0.4, 0.5) is 3.89 Å². The quantitative estimate of drug-likeness (QED) is 0.791. The highest BCUT2D eigenvalue weighted by Crippen LogP contribution is 2.21. The lowest BCUT2D eigenvalue weighted by Gasteiger charge is -2.15. The Kier molecular flexibility index (Phi) is 3.32. The predicted octanol–water partition coefficient (Wildman–Crippen LogP) is 1.03. The van der Waals surface area contributed by atoms with Crippen LogP contribution in [-0.4, -0.2) is 41.0 Å². The van der Waals surface area contributed by atoms with Crippen molar-refractivity contribution in [1.82, 2.24) is 14.9 Å². The van der Waals surface area contributed by atoms with E-state index in [1.807, 2.05) is 18.2 Å². The summed E-state index contributed by atoms with van der Waals surface area (Å²) < 4.78 is 34.7. The average molecular weight is 309 g/mol. The molecule has 2 heterocycles. The Morgan fingerprint density at radius 2 is 2.00 bits per heavy atom. The normalized spacial score (nSPS) is 19.4. The largest absolute Gasteiger partial charge is 0.335 e. The lowest BCUT2D eigenvalue weighted by atomic mass is 10.3. The smallest absolute Gasteiger partial charge is 0.307 e. The van der Waals surface area contributed by atoms with Gasteiger partial charge in [0, 0.05) is 13.0 Å². The Morgan fingerprint density at radius 1 is 1.29 bits per heavy atom. The van der Waals surface area contributed by atoms with Crippen molar-refractivity contribution in [1.29, 1.82) is 0 Å². The van der Waals surface area contributed by atoms with Crippen LogP contribution in [0.2, 0.25) is 0 Å². The van der Waals surface area contributed by atoms with Crippen LogP contribution in [0.15, 0.2) is 30.5 Å². The molecular formula is C13H12FN3O3S. The lowest BCUT2D eigenvalue weighted by molar-refractivity contribution is -0.128. The van der Waals surface area contributed by atoms with E-state index in [-0.39, 0.29) is 19.5 Å². The molecule has 110 valence electrons. The number of amides is 1. The van der Waals surface area contributed by atoms with Crippen molar-refractivity contribution in [2.24, 2.45) is 0 Å². The molecule has 1 amide bonds. The summed E-state index contributed by atoms with van der Waals surface area (Å²) in [5.41, 5.74) is 1.97. The summed E-state index contributed by atoms with van der Waals surface area (Å²) in [7, 11) is -4.69. The van der Waals surface area contributed by atoms with E-state index in [2.05, 4.69) is 9.97 Å². The van der Waals surface area contributed by atoms with Crippen molar-refractivity contribution in [3.8, 4) is 0 Å². The fraction of sp³-hybridized carbons (Fsp3) is 0.308. The van der Waals surface area contributed by atoms with Gasteiger partial charge in [-0.25, -0.2) is 4.98 Å². The van der Waals surface area contributed by atoms with Crippen LogP contribution >= 0.6 is 0 Å². The van der Waals surface area contributed by atoms with Crippen molar-refractivity contribution >= 4 is 27.2 Å². The zero-order chi connectivity index (χ0) is 15.0. The molecule has 8 heteroatoms. The number of benzene rings is 1. The second kappa shape index (κ2) is 5.03. The van der Waals surface area contributed by atoms with Gasteiger partial charge in [-0.2, -0.15) is 8.42 Å². The summed E-state index contributed by atoms with van der Waals surface area (Å²) in [6.07, 6.45) is 1.22. The third-order valence-electron chi connectivity index (χ3n) is 3.43. The van der Waals surface area contributed by atoms with Gasteiger partial charge in [0.15, 0.2) is 0 Å². The highest BCUT2D eigenvalue weighted by atomic mass is 32.3. The predicted molar refractivity (Wildman–Crippen MR) is 73.4 cm³/mol. The van der Waals surface area contributed by atoms with Crippen molar-refractivity contribution in [3.05, 3.63) is 36.2 Å². The van der Waals surface area contributed by atoms with E-state index in [1.165, 1.54) is 11.1 Å². The van der Waals surface area contributed by atoms with Gasteiger partial charge in [0.25, 0.3) is 0 Å². The summed E-state index contributed by atoms with van der Waals surface area (Å²) in [6, 6.07) is 7.29. The molecule has 0 radical (unpaired) electrons. The maximum absolute atomic E-state index is 13.0. The van der Waals surface area contributed by atoms with Gasteiger partial charge in [-0.05, 0) is 12.1 Å². The number of hydrogen-bond acceptors (Lipinski definition) is 5. The van der Waals surface area contributed by atoms with Gasteiger partial charge < -0.3 is 4.90 Å². The minimum atomic E-state index is -4.69. The molecule has 1 saturated heterocycles. The van der Waals surface area contributed by atoms with Crippen LogP contribution in [0.5, 0.6) is 0 Å². The van der Waals surface area contributed by atoms with Gasteiger partial charge in [-0.3, -0.25) is 9.78 Å². The Morgan fingerprint density at radius 3 is 2.67 bits per heavy atom. The van der Waals surface area contributed by atoms with Gasteiger partial charge in [-0.15, -0.1) is 3.89 Å². The molecule has 1 aromatic carbocycles. The van der Waals surface area contributed by atoms with Gasteiger partial charge >= 0.3 is 10.2 Å². The molecular weight excluding hydrogens is 297 g/mol. The van der Waals surface area contributed by atoms with E-state index < -0.39 is 21.4 Å². The Hall–Kier alpha value is -2.09. The first-order valence-corrected chi connectivity index (χ1v) is 7.80. The molecule has 3 rings (SSSR count). The van der Waals surface area contributed by atoms with Crippen LogP contribution in [0.25, 0.3) is 11.0 Å². The summed E-state index contributed by atoms with van der Waals surface area (Å²) in [4.78, 5) is 21.6. The highest BCUT2D eigenvalue weighted by Gasteiger charge is 2.38. The molecule has 0 spiro atoms. The van der Waals surface area contributed by atoms with E-state index in [9.17, 15) is 17.1 Å². The molecule has 1 aromatic heterocycles. The summed E-state index contributed by atoms with van der Waals surface area (Å²) in [5.74, 6) is -0.392. The molecule has 1 atom stereocenters. The molecule has 21 heavy (non-hydrogen) atoms. The highest BCUT2D eigenvalue weighted by molar-refractivity contribution is 7.87. The van der Waals surface area contributed by atoms with Crippen molar-refractivity contribution in [2.45, 2.75) is 18.2 Å². The van der Waals surface area contributed by atoms with Crippen LogP contribution in [-0.2, 0) is 21.6 Å². The second-order valence-corrected chi connectivity index (χ2v) is 6.54. The maximum Gasteiger partial charge on any atom is 0.307 e. The molecule has 0 bridgehead atoms. The summed E-state index contributed by atoms with van der Waals surface area (Å²) in [5, 5.41) is -1.28. The number of aromatic nitrogens is 2. The third kappa shape index (κ3) is 2.85. The van der Waals surface area contributed by atoms with Gasteiger partial charge in [-0.1, -0.05) is 12.1 Å². The lowest BCUT2D eigenvalue weighted by Crippen LogP contribution is -2.27. The molecule has 0 aliphatic carbocycles. The minimum Gasteiger partial charge on any atom is -0.335 e. The number of para-hydroxylation sites is 2. The standard InChI is InChI=1S/C13H12FN3O3S/c14-21(19,20)10-5-13(18)17(8-10)7-9-6-15-11-3-1-2-4-12(11)16-9/h1-4,6,10H,5,7-8H2. The van der Waals surface area contributed by atoms with Gasteiger partial charge in [0.1, 0.15) is 5.25 Å². The van der Waals surface area contributed by atoms with Crippen molar-refractivity contribution < 1.29 is 17.1 Å². The number of carbonyl (C=O) groups is 1. The fourth-order valence-corrected chi connectivity index (χ4v) is 3.04. The number of likely N-dealkylation sites (tertiary alicyclic amines) is 1. The Labute approximate surface area is 120 Å². The van der Waals surface area contributed by atoms with E-state index in [1.54, 1.807) is 6.07 Å². The molecule has 1 aliphatic rings. The molecule has 2 aromatic rings. The second-order valence-electron chi connectivity index (χ2n) is 4.93. The SMILES string of the molecule is O=C1CC(S(=O)(=O)F)CN1Cc1cnc2ccccc2n1. The van der Waals surface area contributed by atoms with Gasteiger partial charge in [0.2, 0.25) is 5.91 Å². The van der Waals surface area contributed by atoms with Crippen molar-refractivity contribution in [2.75, 3.05) is 6.54 Å². The number of fused-ring (bicyclic) bond motifs is 1. The first-order chi connectivity index (χ1) is 9.93. The Bertz CT molecular complexity index is 809. The zero-order valence-electron chi connectivity index (χ0n) is 10.9. The van der Waals surface area contributed by atoms with E-state index >= 15 is 0 Å². The van der Waals surface area contributed by atoms with Crippen LogP contribution in [0, 0.1) is 0 Å². The Balaban J connectivity index is 1.81.